The van der Waals surface area contributed by atoms with Crippen molar-refractivity contribution in [2.24, 2.45) is 0 Å². The van der Waals surface area contributed by atoms with Gasteiger partial charge in [0.15, 0.2) is 0 Å². The van der Waals surface area contributed by atoms with Crippen LogP contribution in [0, 0.1) is 6.92 Å². The lowest BCUT2D eigenvalue weighted by atomic mass is 9.98. The summed E-state index contributed by atoms with van der Waals surface area (Å²) in [7, 11) is 0. The van der Waals surface area contributed by atoms with Crippen LogP contribution < -0.4 is 0 Å². The lowest BCUT2D eigenvalue weighted by Crippen LogP contribution is -2.04. The molecule has 2 aromatic rings. The number of aryl methyl sites for hydroxylation is 3. The maximum absolute atomic E-state index is 11.2. The predicted molar refractivity (Wildman–Crippen MR) is 77.0 cm³/mol. The topological polar surface area (TPSA) is 37.3 Å². The SMILES string of the molecule is Cc1ccc(CCc2ccc(Cl)cc2)c(C(=O)O)c1. The minimum atomic E-state index is -0.866. The molecule has 0 aliphatic rings. The van der Waals surface area contributed by atoms with Crippen LogP contribution >= 0.6 is 11.6 Å². The van der Waals surface area contributed by atoms with E-state index in [1.54, 1.807) is 6.07 Å². The van der Waals surface area contributed by atoms with Gasteiger partial charge >= 0.3 is 5.97 Å². The van der Waals surface area contributed by atoms with Gasteiger partial charge in [-0.15, -0.1) is 0 Å². The number of aromatic carboxylic acids is 1. The zero-order valence-electron chi connectivity index (χ0n) is 10.7. The molecule has 0 aliphatic heterocycles. The third-order valence-corrected chi connectivity index (χ3v) is 3.34. The molecule has 0 bridgehead atoms. The number of halogens is 1. The smallest absolute Gasteiger partial charge is 0.335 e. The Balaban J connectivity index is 2.15. The quantitative estimate of drug-likeness (QED) is 0.910. The van der Waals surface area contributed by atoms with Crippen LogP contribution in [0.25, 0.3) is 0 Å². The summed E-state index contributed by atoms with van der Waals surface area (Å²) in [6, 6.07) is 13.2. The second-order valence-electron chi connectivity index (χ2n) is 4.59. The van der Waals surface area contributed by atoms with Gasteiger partial charge in [0.05, 0.1) is 5.56 Å². The van der Waals surface area contributed by atoms with Gasteiger partial charge in [0, 0.05) is 5.02 Å². The van der Waals surface area contributed by atoms with Gasteiger partial charge in [0.25, 0.3) is 0 Å². The van der Waals surface area contributed by atoms with Crippen LogP contribution in [-0.4, -0.2) is 11.1 Å². The maximum atomic E-state index is 11.2. The first-order valence-electron chi connectivity index (χ1n) is 6.13. The standard InChI is InChI=1S/C16H15ClO2/c1-11-2-6-13(15(10-11)16(18)19)7-3-12-4-8-14(17)9-5-12/h2,4-6,8-10H,3,7H2,1H3,(H,18,19). The maximum Gasteiger partial charge on any atom is 0.335 e. The van der Waals surface area contributed by atoms with E-state index in [2.05, 4.69) is 0 Å². The zero-order chi connectivity index (χ0) is 13.8. The average molecular weight is 275 g/mol. The molecule has 0 fully saturated rings. The summed E-state index contributed by atoms with van der Waals surface area (Å²) < 4.78 is 0. The van der Waals surface area contributed by atoms with Crippen molar-refractivity contribution in [3.8, 4) is 0 Å². The molecule has 1 N–H and O–H groups in total. The van der Waals surface area contributed by atoms with Crippen molar-refractivity contribution in [1.82, 2.24) is 0 Å². The van der Waals surface area contributed by atoms with Crippen molar-refractivity contribution in [3.05, 3.63) is 69.7 Å². The fourth-order valence-corrected chi connectivity index (χ4v) is 2.16. The molecule has 2 rings (SSSR count). The molecule has 0 radical (unpaired) electrons. The van der Waals surface area contributed by atoms with E-state index in [0.29, 0.717) is 17.0 Å². The van der Waals surface area contributed by atoms with Gasteiger partial charge in [-0.25, -0.2) is 4.79 Å². The van der Waals surface area contributed by atoms with Gasteiger partial charge < -0.3 is 5.11 Å². The summed E-state index contributed by atoms with van der Waals surface area (Å²) in [5, 5.41) is 9.92. The summed E-state index contributed by atoms with van der Waals surface area (Å²) >= 11 is 5.84. The number of hydrogen-bond donors (Lipinski definition) is 1. The van der Waals surface area contributed by atoms with Crippen molar-refractivity contribution < 1.29 is 9.90 Å². The van der Waals surface area contributed by atoms with Crippen molar-refractivity contribution in [2.75, 3.05) is 0 Å². The van der Waals surface area contributed by atoms with Crippen LogP contribution in [0.3, 0.4) is 0 Å². The minimum Gasteiger partial charge on any atom is -0.478 e. The molecule has 0 atom stereocenters. The normalized spacial score (nSPS) is 10.4. The first-order chi connectivity index (χ1) is 9.06. The Hall–Kier alpha value is -1.80. The number of rotatable bonds is 4. The molecule has 3 heteroatoms. The van der Waals surface area contributed by atoms with Crippen molar-refractivity contribution in [2.45, 2.75) is 19.8 Å². The van der Waals surface area contributed by atoms with E-state index in [4.69, 9.17) is 11.6 Å². The highest BCUT2D eigenvalue weighted by atomic mass is 35.5. The van der Waals surface area contributed by atoms with Crippen LogP contribution in [-0.2, 0) is 12.8 Å². The Morgan fingerprint density at radius 1 is 1.11 bits per heavy atom. The van der Waals surface area contributed by atoms with E-state index >= 15 is 0 Å². The first kappa shape index (κ1) is 13.6. The van der Waals surface area contributed by atoms with E-state index in [0.717, 1.165) is 23.1 Å². The van der Waals surface area contributed by atoms with Gasteiger partial charge in [-0.3, -0.25) is 0 Å². The third kappa shape index (κ3) is 3.58. The molecule has 19 heavy (non-hydrogen) atoms. The fraction of sp³-hybridized carbons (Fsp3) is 0.188. The molecule has 0 saturated heterocycles. The number of carbonyl (C=O) groups is 1. The minimum absolute atomic E-state index is 0.397. The molecule has 0 heterocycles. The van der Waals surface area contributed by atoms with Gasteiger partial charge in [-0.05, 0) is 49.1 Å². The first-order valence-corrected chi connectivity index (χ1v) is 6.51. The summed E-state index contributed by atoms with van der Waals surface area (Å²) in [6.07, 6.45) is 1.52. The van der Waals surface area contributed by atoms with Crippen LogP contribution in [0.1, 0.15) is 27.0 Å². The molecule has 0 aromatic heterocycles. The van der Waals surface area contributed by atoms with Crippen LogP contribution in [0.4, 0.5) is 0 Å². The van der Waals surface area contributed by atoms with E-state index in [9.17, 15) is 9.90 Å². The average Bonchev–Trinajstić information content (AvgIpc) is 2.39. The van der Waals surface area contributed by atoms with E-state index in [-0.39, 0.29) is 0 Å². The second-order valence-corrected chi connectivity index (χ2v) is 5.03. The molecule has 0 aliphatic carbocycles. The molecule has 2 aromatic carbocycles. The number of benzene rings is 2. The van der Waals surface area contributed by atoms with E-state index in [1.807, 2.05) is 43.3 Å². The van der Waals surface area contributed by atoms with Crippen molar-refractivity contribution in [1.29, 1.82) is 0 Å². The molecular formula is C16H15ClO2. The number of carboxylic acids is 1. The highest BCUT2D eigenvalue weighted by molar-refractivity contribution is 6.30. The predicted octanol–water partition coefficient (Wildman–Crippen LogP) is 4.13. The summed E-state index contributed by atoms with van der Waals surface area (Å²) in [6.45, 7) is 1.90. The van der Waals surface area contributed by atoms with Crippen LogP contribution in [0.15, 0.2) is 42.5 Å². The molecule has 98 valence electrons. The number of carboxylic acid groups (broad SMARTS) is 1. The lowest BCUT2D eigenvalue weighted by Gasteiger charge is -2.07. The summed E-state index contributed by atoms with van der Waals surface area (Å²) in [5.74, 6) is -0.866. The molecular weight excluding hydrogens is 260 g/mol. The van der Waals surface area contributed by atoms with Crippen LogP contribution in [0.5, 0.6) is 0 Å². The molecule has 0 unspecified atom stereocenters. The molecule has 0 amide bonds. The van der Waals surface area contributed by atoms with Gasteiger partial charge in [0.1, 0.15) is 0 Å². The monoisotopic (exact) mass is 274 g/mol. The van der Waals surface area contributed by atoms with Gasteiger partial charge in [0.2, 0.25) is 0 Å². The van der Waals surface area contributed by atoms with Crippen LogP contribution in [0.2, 0.25) is 5.02 Å². The second kappa shape index (κ2) is 5.89. The van der Waals surface area contributed by atoms with Crippen molar-refractivity contribution in [3.63, 3.8) is 0 Å². The van der Waals surface area contributed by atoms with E-state index in [1.165, 1.54) is 0 Å². The Labute approximate surface area is 117 Å². The molecule has 2 nitrogen and oxygen atoms in total. The Bertz CT molecular complexity index is 588. The lowest BCUT2D eigenvalue weighted by molar-refractivity contribution is 0.0695. The molecule has 0 saturated carbocycles. The van der Waals surface area contributed by atoms with Crippen molar-refractivity contribution >= 4 is 17.6 Å². The zero-order valence-corrected chi connectivity index (χ0v) is 11.4. The van der Waals surface area contributed by atoms with Gasteiger partial charge in [-0.2, -0.15) is 0 Å². The highest BCUT2D eigenvalue weighted by Gasteiger charge is 2.10. The Kier molecular flexibility index (Phi) is 4.23. The summed E-state index contributed by atoms with van der Waals surface area (Å²) in [5.41, 5.74) is 3.39. The summed E-state index contributed by atoms with van der Waals surface area (Å²) in [4.78, 5) is 11.2. The largest absolute Gasteiger partial charge is 0.478 e. The Morgan fingerprint density at radius 2 is 1.79 bits per heavy atom. The van der Waals surface area contributed by atoms with Gasteiger partial charge in [-0.1, -0.05) is 41.4 Å². The van der Waals surface area contributed by atoms with E-state index < -0.39 is 5.97 Å². The molecule has 0 spiro atoms. The fourth-order valence-electron chi connectivity index (χ4n) is 2.04. The highest BCUT2D eigenvalue weighted by Crippen LogP contribution is 2.16. The number of hydrogen-bond acceptors (Lipinski definition) is 1. The third-order valence-electron chi connectivity index (χ3n) is 3.09. The Morgan fingerprint density at radius 3 is 2.42 bits per heavy atom.